The summed E-state index contributed by atoms with van der Waals surface area (Å²) in [7, 11) is -1.58. The maximum atomic E-state index is 8.56. The molecule has 0 aliphatic carbocycles. The van der Waals surface area contributed by atoms with Crippen LogP contribution in [0.1, 0.15) is 0 Å². The van der Waals surface area contributed by atoms with E-state index in [4.69, 9.17) is 10.6 Å². The number of nitrogens with one attached hydrogen (secondary N) is 1. The summed E-state index contributed by atoms with van der Waals surface area (Å²) in [6.07, 6.45) is 0. The molecule has 0 amide bonds. The standard InChI is InChI=1S/C2H8N3OPS.Na.H/c1-7(6)5-4-2(3)8;;/h7H,1H3,(H,5,6)(H3,3,4,8);;. The van der Waals surface area contributed by atoms with Gasteiger partial charge in [-0.2, -0.15) is 4.85 Å². The quantitative estimate of drug-likeness (QED) is 0.208. The molecule has 0 saturated heterocycles. The molecule has 9 heavy (non-hydrogen) atoms. The van der Waals surface area contributed by atoms with Gasteiger partial charge in [0.05, 0.1) is 7.94 Å². The zero-order valence-electron chi connectivity index (χ0n) is 4.38. The van der Waals surface area contributed by atoms with Crippen LogP contribution in [-0.4, -0.2) is 46.2 Å². The molecule has 4 nitrogen and oxygen atoms in total. The van der Waals surface area contributed by atoms with Gasteiger partial charge in [0.1, 0.15) is 0 Å². The average molecular weight is 177 g/mol. The summed E-state index contributed by atoms with van der Waals surface area (Å²) in [6, 6.07) is 0. The third-order valence-corrected chi connectivity index (χ3v) is 0.855. The van der Waals surface area contributed by atoms with Crippen LogP contribution in [0.3, 0.4) is 0 Å². The van der Waals surface area contributed by atoms with Crippen LogP contribution >= 0.6 is 20.2 Å². The summed E-state index contributed by atoms with van der Waals surface area (Å²) < 4.78 is 0. The Morgan fingerprint density at radius 3 is 2.44 bits per heavy atom. The van der Waals surface area contributed by atoms with Crippen molar-refractivity contribution in [1.29, 1.82) is 0 Å². The van der Waals surface area contributed by atoms with Gasteiger partial charge in [-0.3, -0.25) is 5.43 Å². The van der Waals surface area contributed by atoms with Crippen LogP contribution < -0.4 is 11.2 Å². The van der Waals surface area contributed by atoms with E-state index in [0.717, 1.165) is 0 Å². The van der Waals surface area contributed by atoms with Gasteiger partial charge in [0.2, 0.25) is 0 Å². The molecule has 0 bridgehead atoms. The average Bonchev–Trinajstić information content (AvgIpc) is 1.61. The molecule has 0 aromatic rings. The van der Waals surface area contributed by atoms with Crippen molar-refractivity contribution < 1.29 is 4.89 Å². The number of hydrogen-bond donors (Lipinski definition) is 3. The van der Waals surface area contributed by atoms with Crippen molar-refractivity contribution in [2.45, 2.75) is 0 Å². The molecule has 0 radical (unpaired) electrons. The van der Waals surface area contributed by atoms with Crippen LogP contribution in [0.15, 0.2) is 4.85 Å². The molecule has 7 heteroatoms. The number of nitrogens with two attached hydrogens (primary N) is 1. The van der Waals surface area contributed by atoms with Crippen LogP contribution in [0.4, 0.5) is 0 Å². The fraction of sp³-hybridized carbons (Fsp3) is 0.500. The van der Waals surface area contributed by atoms with Crippen LogP contribution in [0, 0.1) is 0 Å². The van der Waals surface area contributed by atoms with Crippen molar-refractivity contribution in [2.75, 3.05) is 6.66 Å². The van der Waals surface area contributed by atoms with Gasteiger partial charge < -0.3 is 10.6 Å². The first-order valence-corrected chi connectivity index (χ1v) is 4.22. The van der Waals surface area contributed by atoms with Gasteiger partial charge in [0.15, 0.2) is 5.11 Å². The Morgan fingerprint density at radius 1 is 1.89 bits per heavy atom. The van der Waals surface area contributed by atoms with Crippen molar-refractivity contribution >= 4 is 54.8 Å². The fourth-order valence-electron chi connectivity index (χ4n) is 0.136. The van der Waals surface area contributed by atoms with E-state index < -0.39 is 7.94 Å². The Kier molecular flexibility index (Phi) is 9.75. The van der Waals surface area contributed by atoms with Gasteiger partial charge >= 0.3 is 29.6 Å². The second-order valence-electron chi connectivity index (χ2n) is 1.14. The zero-order valence-corrected chi connectivity index (χ0v) is 6.20. The van der Waals surface area contributed by atoms with Gasteiger partial charge in [0.25, 0.3) is 0 Å². The Morgan fingerprint density at radius 2 is 2.33 bits per heavy atom. The zero-order chi connectivity index (χ0) is 6.57. The van der Waals surface area contributed by atoms with Crippen LogP contribution in [-0.2, 0) is 0 Å². The van der Waals surface area contributed by atoms with E-state index in [2.05, 4.69) is 22.5 Å². The summed E-state index contributed by atoms with van der Waals surface area (Å²) >= 11 is 4.39. The predicted molar refractivity (Wildman–Crippen MR) is 46.0 cm³/mol. The minimum atomic E-state index is -1.58. The van der Waals surface area contributed by atoms with Gasteiger partial charge in [-0.1, -0.05) is 0 Å². The second kappa shape index (κ2) is 6.99. The molecule has 0 saturated carbocycles. The van der Waals surface area contributed by atoms with Crippen molar-refractivity contribution in [3.8, 4) is 0 Å². The van der Waals surface area contributed by atoms with Gasteiger partial charge in [-0.05, 0) is 18.9 Å². The van der Waals surface area contributed by atoms with E-state index in [1.165, 1.54) is 0 Å². The molecule has 0 aliphatic rings. The van der Waals surface area contributed by atoms with Crippen LogP contribution in [0.2, 0.25) is 0 Å². The van der Waals surface area contributed by atoms with E-state index in [9.17, 15) is 0 Å². The molecule has 0 spiro atoms. The van der Waals surface area contributed by atoms with Crippen LogP contribution in [0.25, 0.3) is 0 Å². The van der Waals surface area contributed by atoms with Crippen molar-refractivity contribution in [3.63, 3.8) is 0 Å². The molecule has 0 fully saturated rings. The van der Waals surface area contributed by atoms with Gasteiger partial charge in [-0.25, -0.2) is 0 Å². The first kappa shape index (κ1) is 12.5. The number of hydrogen-bond acceptors (Lipinski definition) is 2. The molecule has 1 atom stereocenters. The fourth-order valence-corrected chi connectivity index (χ4v) is 0.545. The van der Waals surface area contributed by atoms with Crippen molar-refractivity contribution in [1.82, 2.24) is 5.43 Å². The number of rotatable bonds is 1. The Labute approximate surface area is 82.0 Å². The molecule has 0 aliphatic heterocycles. The van der Waals surface area contributed by atoms with E-state index in [0.29, 0.717) is 0 Å². The molecule has 1 unspecified atom stereocenters. The topological polar surface area (TPSA) is 70.6 Å². The number of nitrogens with zero attached hydrogens (tertiary/aromatic N) is 1. The van der Waals surface area contributed by atoms with E-state index in [-0.39, 0.29) is 34.7 Å². The van der Waals surface area contributed by atoms with Crippen molar-refractivity contribution in [2.24, 2.45) is 10.6 Å². The minimum absolute atomic E-state index is 0. The molecule has 0 aromatic carbocycles. The van der Waals surface area contributed by atoms with Gasteiger partial charge in [0, 0.05) is 0 Å². The van der Waals surface area contributed by atoms with E-state index in [1.54, 1.807) is 6.66 Å². The van der Waals surface area contributed by atoms with Crippen molar-refractivity contribution in [3.05, 3.63) is 0 Å². The Bertz CT molecular complexity index is 125. The summed E-state index contributed by atoms with van der Waals surface area (Å²) in [5, 5.41) is 0.0865. The summed E-state index contributed by atoms with van der Waals surface area (Å²) in [5.41, 5.74) is 7.25. The third kappa shape index (κ3) is 12.2. The summed E-state index contributed by atoms with van der Waals surface area (Å²) in [5.74, 6) is 0. The third-order valence-electron chi connectivity index (χ3n) is 0.328. The van der Waals surface area contributed by atoms with E-state index >= 15 is 0 Å². The first-order chi connectivity index (χ1) is 3.63. The summed E-state index contributed by atoms with van der Waals surface area (Å²) in [6.45, 7) is 1.59. The van der Waals surface area contributed by atoms with Gasteiger partial charge in [-0.15, -0.1) is 0 Å². The molecular formula is C2H9N3NaOPS. The molecule has 4 N–H and O–H groups in total. The Balaban J connectivity index is 0. The maximum absolute atomic E-state index is 8.56. The molecule has 0 rings (SSSR count). The predicted octanol–water partition coefficient (Wildman–Crippen LogP) is -0.979. The summed E-state index contributed by atoms with van der Waals surface area (Å²) in [4.78, 5) is 12.0. The monoisotopic (exact) mass is 177 g/mol. The molecule has 0 aromatic heterocycles. The SMILES string of the molecule is C[PH](O)=NNC(N)=S.[NaH]. The Hall–Kier alpha value is 0.880. The molecular weight excluding hydrogens is 168 g/mol. The molecule has 50 valence electrons. The number of thiocarbonyl (C=S) groups is 1. The van der Waals surface area contributed by atoms with Crippen LogP contribution in [0.5, 0.6) is 0 Å². The second-order valence-corrected chi connectivity index (χ2v) is 2.89. The van der Waals surface area contributed by atoms with E-state index in [1.807, 2.05) is 0 Å². The molecule has 0 heterocycles. The normalized spacial score (nSPS) is 11.8. The first-order valence-electron chi connectivity index (χ1n) is 1.91.